The van der Waals surface area contributed by atoms with Gasteiger partial charge in [-0.3, -0.25) is 9.36 Å². The summed E-state index contributed by atoms with van der Waals surface area (Å²) in [7, 11) is 1.53. The van der Waals surface area contributed by atoms with E-state index < -0.39 is 18.0 Å². The molecule has 10 heteroatoms. The number of carboxylic acid groups (broad SMARTS) is 1. The Morgan fingerprint density at radius 1 is 1.13 bits per heavy atom. The molecule has 5 rings (SSSR count). The third kappa shape index (κ3) is 4.70. The third-order valence-electron chi connectivity index (χ3n) is 6.27. The molecule has 9 nitrogen and oxygen atoms in total. The van der Waals surface area contributed by atoms with E-state index in [0.29, 0.717) is 43.4 Å². The van der Waals surface area contributed by atoms with Crippen LogP contribution in [0, 0.1) is 0 Å². The molecule has 1 N–H and O–H groups in total. The third-order valence-corrected chi connectivity index (χ3v) is 7.26. The van der Waals surface area contributed by atoms with Gasteiger partial charge in [-0.25, -0.2) is 14.6 Å². The molecule has 1 aliphatic rings. The molecular formula is C29H24N2O7S. The highest BCUT2D eigenvalue weighted by atomic mass is 32.1. The van der Waals surface area contributed by atoms with Gasteiger partial charge in [0, 0.05) is 17.2 Å². The number of carbonyl (C=O) groups is 2. The molecule has 2 aromatic heterocycles. The predicted octanol–water partition coefficient (Wildman–Crippen LogP) is 3.77. The molecule has 0 amide bonds. The van der Waals surface area contributed by atoms with E-state index in [0.717, 1.165) is 11.3 Å². The van der Waals surface area contributed by atoms with Crippen molar-refractivity contribution >= 4 is 29.4 Å². The Morgan fingerprint density at radius 3 is 2.62 bits per heavy atom. The molecule has 0 aliphatic carbocycles. The summed E-state index contributed by atoms with van der Waals surface area (Å²) in [6.45, 7) is 3.60. The second-order valence-electron chi connectivity index (χ2n) is 8.60. The molecular weight excluding hydrogens is 520 g/mol. The number of methoxy groups -OCH3 is 1. The van der Waals surface area contributed by atoms with Crippen molar-refractivity contribution in [3.8, 4) is 17.1 Å². The monoisotopic (exact) mass is 544 g/mol. The lowest BCUT2D eigenvalue weighted by atomic mass is 9.95. The number of para-hydroxylation sites is 1. The SMILES string of the molecule is CCOC(=O)C1=C(C)N=c2s/c(=C/c3ccc(-c4ccccc4C(=O)O)o3)c(=O)n2[C@H]1c1ccccc1OC. The van der Waals surface area contributed by atoms with Crippen LogP contribution in [0.25, 0.3) is 17.4 Å². The van der Waals surface area contributed by atoms with E-state index in [4.69, 9.17) is 13.9 Å². The standard InChI is InChI=1S/C29H24N2O7S/c1-4-37-28(35)24-16(2)30-29-31(25(24)20-11-7-8-12-21(20)36-3)26(32)23(39-29)15-17-13-14-22(38-17)18-9-5-6-10-19(18)27(33)34/h5-15,25H,4H2,1-3H3,(H,33,34)/b23-15+/t25-/m0/s1. The van der Waals surface area contributed by atoms with Crippen LogP contribution in [0.2, 0.25) is 0 Å². The predicted molar refractivity (Wildman–Crippen MR) is 144 cm³/mol. The van der Waals surface area contributed by atoms with E-state index in [-0.39, 0.29) is 23.3 Å². The number of fused-ring (bicyclic) bond motifs is 1. The van der Waals surface area contributed by atoms with E-state index in [1.807, 2.05) is 12.1 Å². The number of hydrogen-bond acceptors (Lipinski definition) is 8. The van der Waals surface area contributed by atoms with Crippen molar-refractivity contribution < 1.29 is 28.6 Å². The molecule has 1 atom stereocenters. The molecule has 0 radical (unpaired) electrons. The van der Waals surface area contributed by atoms with E-state index in [2.05, 4.69) is 4.99 Å². The van der Waals surface area contributed by atoms with E-state index >= 15 is 0 Å². The van der Waals surface area contributed by atoms with Gasteiger partial charge in [-0.2, -0.15) is 0 Å². The number of carbonyl (C=O) groups excluding carboxylic acids is 1. The van der Waals surface area contributed by atoms with E-state index in [1.54, 1.807) is 62.4 Å². The molecule has 0 unspecified atom stereocenters. The Balaban J connectivity index is 1.66. The molecule has 3 heterocycles. The Labute approximate surface area is 226 Å². The number of rotatable bonds is 7. The zero-order valence-electron chi connectivity index (χ0n) is 21.3. The molecule has 39 heavy (non-hydrogen) atoms. The minimum Gasteiger partial charge on any atom is -0.496 e. The smallest absolute Gasteiger partial charge is 0.338 e. The van der Waals surface area contributed by atoms with Crippen molar-refractivity contribution in [3.05, 3.63) is 109 Å². The lowest BCUT2D eigenvalue weighted by Gasteiger charge is -2.25. The number of carboxylic acids is 1. The summed E-state index contributed by atoms with van der Waals surface area (Å²) in [4.78, 5) is 43.5. The topological polar surface area (TPSA) is 120 Å². The van der Waals surface area contributed by atoms with Crippen LogP contribution < -0.4 is 19.6 Å². The number of aromatic carboxylic acids is 1. The highest BCUT2D eigenvalue weighted by molar-refractivity contribution is 7.07. The number of thiazole rings is 1. The van der Waals surface area contributed by atoms with Crippen molar-refractivity contribution in [1.29, 1.82) is 0 Å². The van der Waals surface area contributed by atoms with Gasteiger partial charge in [-0.1, -0.05) is 47.7 Å². The van der Waals surface area contributed by atoms with Crippen molar-refractivity contribution in [3.63, 3.8) is 0 Å². The van der Waals surface area contributed by atoms with E-state index in [1.165, 1.54) is 17.7 Å². The van der Waals surface area contributed by atoms with Crippen LogP contribution >= 0.6 is 11.3 Å². The average molecular weight is 545 g/mol. The minimum absolute atomic E-state index is 0.108. The van der Waals surface area contributed by atoms with Gasteiger partial charge in [0.05, 0.1) is 35.1 Å². The Bertz CT molecular complexity index is 1810. The van der Waals surface area contributed by atoms with Crippen LogP contribution in [0.5, 0.6) is 5.75 Å². The largest absolute Gasteiger partial charge is 0.496 e. The summed E-state index contributed by atoms with van der Waals surface area (Å²) >= 11 is 1.16. The zero-order chi connectivity index (χ0) is 27.7. The van der Waals surface area contributed by atoms with Crippen LogP contribution in [0.4, 0.5) is 0 Å². The summed E-state index contributed by atoms with van der Waals surface area (Å²) < 4.78 is 18.6. The van der Waals surface area contributed by atoms with Gasteiger partial charge < -0.3 is 19.0 Å². The lowest BCUT2D eigenvalue weighted by molar-refractivity contribution is -0.139. The molecule has 0 bridgehead atoms. The number of furan rings is 1. The van der Waals surface area contributed by atoms with Gasteiger partial charge in [0.25, 0.3) is 5.56 Å². The van der Waals surface area contributed by atoms with E-state index in [9.17, 15) is 19.5 Å². The molecule has 0 spiro atoms. The fourth-order valence-electron chi connectivity index (χ4n) is 4.57. The maximum absolute atomic E-state index is 13.8. The molecule has 198 valence electrons. The van der Waals surface area contributed by atoms with Gasteiger partial charge in [0.2, 0.25) is 0 Å². The Kier molecular flexibility index (Phi) is 7.03. The number of hydrogen-bond donors (Lipinski definition) is 1. The number of ether oxygens (including phenoxy) is 2. The number of nitrogens with zero attached hydrogens (tertiary/aromatic N) is 2. The first-order valence-corrected chi connectivity index (χ1v) is 12.9. The zero-order valence-corrected chi connectivity index (χ0v) is 22.2. The summed E-state index contributed by atoms with van der Waals surface area (Å²) in [5.74, 6) is -0.385. The first-order valence-electron chi connectivity index (χ1n) is 12.1. The fraction of sp³-hybridized carbons (Fsp3) is 0.172. The number of aromatic nitrogens is 1. The van der Waals surface area contributed by atoms with Crippen LogP contribution in [0.3, 0.4) is 0 Å². The number of benzene rings is 2. The number of allylic oxidation sites excluding steroid dienone is 1. The number of esters is 1. The second kappa shape index (κ2) is 10.6. The molecule has 4 aromatic rings. The van der Waals surface area contributed by atoms with Crippen molar-refractivity contribution in [2.45, 2.75) is 19.9 Å². The quantitative estimate of drug-likeness (QED) is 0.352. The second-order valence-corrected chi connectivity index (χ2v) is 9.61. The first-order chi connectivity index (χ1) is 18.8. The summed E-state index contributed by atoms with van der Waals surface area (Å²) in [5, 5.41) is 9.52. The first kappa shape index (κ1) is 25.9. The van der Waals surface area contributed by atoms with Crippen LogP contribution in [0.1, 0.15) is 41.6 Å². The molecule has 0 fully saturated rings. The van der Waals surface area contributed by atoms with Crippen LogP contribution in [-0.4, -0.2) is 35.3 Å². The summed E-state index contributed by atoms with van der Waals surface area (Å²) in [6, 6.07) is 16.2. The van der Waals surface area contributed by atoms with Gasteiger partial charge in [-0.05, 0) is 38.1 Å². The highest BCUT2D eigenvalue weighted by Gasteiger charge is 2.35. The lowest BCUT2D eigenvalue weighted by Crippen LogP contribution is -2.40. The summed E-state index contributed by atoms with van der Waals surface area (Å²) in [6.07, 6.45) is 1.58. The van der Waals surface area contributed by atoms with Crippen molar-refractivity contribution in [1.82, 2.24) is 4.57 Å². The molecule has 0 saturated heterocycles. The van der Waals surface area contributed by atoms with Gasteiger partial charge in [0.15, 0.2) is 4.80 Å². The van der Waals surface area contributed by atoms with Crippen molar-refractivity contribution in [2.75, 3.05) is 13.7 Å². The van der Waals surface area contributed by atoms with Gasteiger partial charge in [-0.15, -0.1) is 0 Å². The Hall–Kier alpha value is -4.70. The normalized spacial score (nSPS) is 15.1. The van der Waals surface area contributed by atoms with Crippen molar-refractivity contribution in [2.24, 2.45) is 4.99 Å². The fourth-order valence-corrected chi connectivity index (χ4v) is 5.59. The molecule has 1 aliphatic heterocycles. The maximum atomic E-state index is 13.8. The minimum atomic E-state index is -1.07. The van der Waals surface area contributed by atoms with Crippen LogP contribution in [-0.2, 0) is 9.53 Å². The highest BCUT2D eigenvalue weighted by Crippen LogP contribution is 2.35. The molecule has 2 aromatic carbocycles. The average Bonchev–Trinajstić information content (AvgIpc) is 3.52. The summed E-state index contributed by atoms with van der Waals surface area (Å²) in [5.41, 5.74) is 1.49. The Morgan fingerprint density at radius 2 is 1.87 bits per heavy atom. The molecule has 0 saturated carbocycles. The maximum Gasteiger partial charge on any atom is 0.338 e. The van der Waals surface area contributed by atoms with Gasteiger partial charge in [0.1, 0.15) is 23.3 Å². The van der Waals surface area contributed by atoms with Crippen LogP contribution in [0.15, 0.2) is 86.1 Å². The van der Waals surface area contributed by atoms with Gasteiger partial charge >= 0.3 is 11.9 Å².